The topological polar surface area (TPSA) is 90.1 Å². The fraction of sp³-hybridized carbons (Fsp3) is 0.111. The van der Waals surface area contributed by atoms with Crippen LogP contribution in [-0.2, 0) is 17.8 Å². The Hall–Kier alpha value is -3.48. The average molecular weight is 336 g/mol. The van der Waals surface area contributed by atoms with Gasteiger partial charge in [0.25, 0.3) is 5.69 Å². The molecule has 0 bridgehead atoms. The lowest BCUT2D eigenvalue weighted by Gasteiger charge is -2.04. The van der Waals surface area contributed by atoms with Crippen molar-refractivity contribution >= 4 is 11.6 Å². The average Bonchev–Trinajstić information content (AvgIpc) is 3.10. The number of non-ortho nitro benzene ring substituents is 1. The van der Waals surface area contributed by atoms with E-state index < -0.39 is 4.92 Å². The molecule has 7 nitrogen and oxygen atoms in total. The van der Waals surface area contributed by atoms with Crippen LogP contribution in [-0.4, -0.2) is 20.6 Å². The first-order valence-electron chi connectivity index (χ1n) is 7.71. The Labute approximate surface area is 144 Å². The molecule has 2 aromatic carbocycles. The zero-order chi connectivity index (χ0) is 17.6. The van der Waals surface area contributed by atoms with Crippen molar-refractivity contribution in [2.75, 3.05) is 0 Å². The van der Waals surface area contributed by atoms with Crippen molar-refractivity contribution in [1.82, 2.24) is 15.1 Å². The van der Waals surface area contributed by atoms with E-state index in [-0.39, 0.29) is 18.0 Å². The van der Waals surface area contributed by atoms with Crippen LogP contribution in [0.5, 0.6) is 0 Å². The Morgan fingerprint density at radius 2 is 1.80 bits per heavy atom. The first kappa shape index (κ1) is 16.4. The van der Waals surface area contributed by atoms with Crippen LogP contribution >= 0.6 is 0 Å². The van der Waals surface area contributed by atoms with Crippen LogP contribution in [0.1, 0.15) is 11.1 Å². The van der Waals surface area contributed by atoms with Crippen molar-refractivity contribution in [3.05, 3.63) is 88.2 Å². The molecule has 0 fully saturated rings. The van der Waals surface area contributed by atoms with Crippen LogP contribution in [0.4, 0.5) is 5.69 Å². The summed E-state index contributed by atoms with van der Waals surface area (Å²) in [5.74, 6) is -0.152. The first-order chi connectivity index (χ1) is 12.1. The van der Waals surface area contributed by atoms with E-state index in [1.54, 1.807) is 23.0 Å². The van der Waals surface area contributed by atoms with E-state index in [1.165, 1.54) is 12.1 Å². The zero-order valence-corrected chi connectivity index (χ0v) is 13.3. The van der Waals surface area contributed by atoms with Crippen LogP contribution in [0.3, 0.4) is 0 Å². The van der Waals surface area contributed by atoms with Crippen molar-refractivity contribution in [2.45, 2.75) is 13.0 Å². The number of amides is 1. The summed E-state index contributed by atoms with van der Waals surface area (Å²) in [7, 11) is 0. The highest BCUT2D eigenvalue weighted by molar-refractivity contribution is 5.78. The molecule has 126 valence electrons. The summed E-state index contributed by atoms with van der Waals surface area (Å²) in [4.78, 5) is 22.2. The van der Waals surface area contributed by atoms with E-state index in [1.807, 2.05) is 36.5 Å². The molecule has 3 rings (SSSR count). The fourth-order valence-corrected chi connectivity index (χ4v) is 2.36. The molecule has 7 heteroatoms. The van der Waals surface area contributed by atoms with E-state index in [2.05, 4.69) is 10.4 Å². The summed E-state index contributed by atoms with van der Waals surface area (Å²) in [5.41, 5.74) is 2.58. The van der Waals surface area contributed by atoms with E-state index in [0.717, 1.165) is 16.8 Å². The number of nitrogens with one attached hydrogen (secondary N) is 1. The quantitative estimate of drug-likeness (QED) is 0.553. The van der Waals surface area contributed by atoms with Gasteiger partial charge in [-0.15, -0.1) is 0 Å². The Morgan fingerprint density at radius 1 is 1.08 bits per heavy atom. The van der Waals surface area contributed by atoms with E-state index >= 15 is 0 Å². The minimum absolute atomic E-state index is 0.0116. The second kappa shape index (κ2) is 7.39. The highest BCUT2D eigenvalue weighted by Crippen LogP contribution is 2.12. The van der Waals surface area contributed by atoms with Gasteiger partial charge in [0.15, 0.2) is 0 Å². The highest BCUT2D eigenvalue weighted by atomic mass is 16.6. The van der Waals surface area contributed by atoms with Crippen LogP contribution in [0, 0.1) is 10.1 Å². The van der Waals surface area contributed by atoms with Crippen LogP contribution in [0.25, 0.3) is 5.69 Å². The lowest BCUT2D eigenvalue weighted by atomic mass is 10.1. The Bertz CT molecular complexity index is 873. The second-order valence-corrected chi connectivity index (χ2v) is 5.51. The smallest absolute Gasteiger partial charge is 0.269 e. The van der Waals surface area contributed by atoms with Gasteiger partial charge in [-0.1, -0.05) is 30.3 Å². The summed E-state index contributed by atoms with van der Waals surface area (Å²) in [6.45, 7) is 0.374. The van der Waals surface area contributed by atoms with Gasteiger partial charge in [-0.05, 0) is 17.7 Å². The van der Waals surface area contributed by atoms with Crippen molar-refractivity contribution in [1.29, 1.82) is 0 Å². The minimum atomic E-state index is -0.464. The van der Waals surface area contributed by atoms with E-state index in [4.69, 9.17) is 0 Å². The molecule has 0 saturated heterocycles. The maximum Gasteiger partial charge on any atom is 0.269 e. The molecule has 1 heterocycles. The van der Waals surface area contributed by atoms with Gasteiger partial charge >= 0.3 is 0 Å². The maximum atomic E-state index is 12.0. The Kier molecular flexibility index (Phi) is 4.84. The number of carbonyl (C=O) groups excluding carboxylic acids is 1. The number of aromatic nitrogens is 2. The predicted molar refractivity (Wildman–Crippen MR) is 92.2 cm³/mol. The molecule has 1 amide bonds. The third-order valence-electron chi connectivity index (χ3n) is 3.66. The minimum Gasteiger partial charge on any atom is -0.352 e. The van der Waals surface area contributed by atoms with Gasteiger partial charge in [0.2, 0.25) is 5.91 Å². The van der Waals surface area contributed by atoms with Gasteiger partial charge in [-0.25, -0.2) is 4.68 Å². The molecular formula is C18H16N4O3. The van der Waals surface area contributed by atoms with E-state index in [0.29, 0.717) is 6.54 Å². The predicted octanol–water partition coefficient (Wildman–Crippen LogP) is 2.64. The SMILES string of the molecule is O=C(Cc1ccc([N+](=O)[O-])cc1)NCc1cnn(-c2ccccc2)c1. The summed E-state index contributed by atoms with van der Waals surface area (Å²) in [5, 5.41) is 17.7. The van der Waals surface area contributed by atoms with E-state index in [9.17, 15) is 14.9 Å². The largest absolute Gasteiger partial charge is 0.352 e. The molecule has 0 aliphatic heterocycles. The monoisotopic (exact) mass is 336 g/mol. The molecule has 0 radical (unpaired) electrons. The third-order valence-corrected chi connectivity index (χ3v) is 3.66. The van der Waals surface area contributed by atoms with Crippen molar-refractivity contribution < 1.29 is 9.72 Å². The summed E-state index contributed by atoms with van der Waals surface area (Å²) in [6.07, 6.45) is 3.74. The number of nitro groups is 1. The second-order valence-electron chi connectivity index (χ2n) is 5.51. The van der Waals surface area contributed by atoms with Crippen LogP contribution in [0.15, 0.2) is 67.0 Å². The molecule has 0 aliphatic carbocycles. The number of carbonyl (C=O) groups is 1. The molecule has 0 aliphatic rings. The molecule has 0 atom stereocenters. The van der Waals surface area contributed by atoms with Gasteiger partial charge in [-0.3, -0.25) is 14.9 Å². The highest BCUT2D eigenvalue weighted by Gasteiger charge is 2.08. The number of nitrogens with zero attached hydrogens (tertiary/aromatic N) is 3. The Balaban J connectivity index is 1.54. The van der Waals surface area contributed by atoms with Gasteiger partial charge in [0, 0.05) is 30.4 Å². The van der Waals surface area contributed by atoms with Gasteiger partial charge < -0.3 is 5.32 Å². The summed E-state index contributed by atoms with van der Waals surface area (Å²) in [6, 6.07) is 15.7. The number of hydrogen-bond donors (Lipinski definition) is 1. The fourth-order valence-electron chi connectivity index (χ4n) is 2.36. The normalized spacial score (nSPS) is 10.4. The van der Waals surface area contributed by atoms with Crippen LogP contribution in [0.2, 0.25) is 0 Å². The number of para-hydroxylation sites is 1. The van der Waals surface area contributed by atoms with Crippen molar-refractivity contribution in [2.24, 2.45) is 0 Å². The lowest BCUT2D eigenvalue weighted by Crippen LogP contribution is -2.24. The van der Waals surface area contributed by atoms with Crippen LogP contribution < -0.4 is 5.32 Å². The van der Waals surface area contributed by atoms with Gasteiger partial charge in [0.1, 0.15) is 0 Å². The number of nitro benzene ring substituents is 1. The third kappa shape index (κ3) is 4.29. The van der Waals surface area contributed by atoms with Gasteiger partial charge in [-0.2, -0.15) is 5.10 Å². The molecule has 1 N–H and O–H groups in total. The molecule has 0 saturated carbocycles. The van der Waals surface area contributed by atoms with Crippen molar-refractivity contribution in [3.63, 3.8) is 0 Å². The first-order valence-corrected chi connectivity index (χ1v) is 7.71. The summed E-state index contributed by atoms with van der Waals surface area (Å²) >= 11 is 0. The summed E-state index contributed by atoms with van der Waals surface area (Å²) < 4.78 is 1.75. The van der Waals surface area contributed by atoms with Crippen molar-refractivity contribution in [3.8, 4) is 5.69 Å². The molecule has 0 spiro atoms. The molecule has 25 heavy (non-hydrogen) atoms. The molecular weight excluding hydrogens is 320 g/mol. The standard InChI is InChI=1S/C18H16N4O3/c23-18(10-14-6-8-17(9-7-14)22(24)25)19-11-15-12-20-21(13-15)16-4-2-1-3-5-16/h1-9,12-13H,10-11H2,(H,19,23). The molecule has 0 unspecified atom stereocenters. The number of benzene rings is 2. The lowest BCUT2D eigenvalue weighted by molar-refractivity contribution is -0.384. The zero-order valence-electron chi connectivity index (χ0n) is 13.3. The molecule has 1 aromatic heterocycles. The maximum absolute atomic E-state index is 12.0. The molecule has 3 aromatic rings. The number of hydrogen-bond acceptors (Lipinski definition) is 4. The Morgan fingerprint density at radius 3 is 2.48 bits per heavy atom. The van der Waals surface area contributed by atoms with Gasteiger partial charge in [0.05, 0.1) is 23.2 Å². The number of rotatable bonds is 6.